The van der Waals surface area contributed by atoms with Gasteiger partial charge in [-0.25, -0.2) is 0 Å². The molecule has 7 heteroatoms. The van der Waals surface area contributed by atoms with E-state index in [1.165, 1.54) is 0 Å². The predicted molar refractivity (Wildman–Crippen MR) is 158 cm³/mol. The van der Waals surface area contributed by atoms with Gasteiger partial charge in [0, 0.05) is 12.3 Å². The molecule has 1 aromatic rings. The van der Waals surface area contributed by atoms with Crippen molar-refractivity contribution in [2.75, 3.05) is 0 Å². The molecule has 0 spiro atoms. The molecule has 2 rings (SSSR count). The number of hydrogen-bond acceptors (Lipinski definition) is 5. The van der Waals surface area contributed by atoms with E-state index in [9.17, 15) is 9.90 Å². The predicted octanol–water partition coefficient (Wildman–Crippen LogP) is 7.12. The Labute approximate surface area is 228 Å². The zero-order valence-corrected chi connectivity index (χ0v) is 26.8. The Bertz CT molecular complexity index is 854. The number of carbonyl (C=O) groups is 1. The number of ketones is 1. The monoisotopic (exact) mass is 548 g/mol. The molecule has 0 aliphatic heterocycles. The van der Waals surface area contributed by atoms with Crippen LogP contribution in [0, 0.1) is 11.8 Å². The van der Waals surface area contributed by atoms with E-state index in [4.69, 9.17) is 13.6 Å². The van der Waals surface area contributed by atoms with Crippen LogP contribution in [0.4, 0.5) is 0 Å². The zero-order chi connectivity index (χ0) is 28.0. The van der Waals surface area contributed by atoms with Gasteiger partial charge < -0.3 is 18.7 Å². The van der Waals surface area contributed by atoms with E-state index in [2.05, 4.69) is 61.2 Å². The lowest BCUT2D eigenvalue weighted by atomic mass is 9.71. The van der Waals surface area contributed by atoms with Crippen LogP contribution < -0.4 is 0 Å². The number of aliphatic hydroxyl groups is 1. The Morgan fingerprint density at radius 2 is 1.68 bits per heavy atom. The minimum absolute atomic E-state index is 0.0136. The van der Waals surface area contributed by atoms with Crippen molar-refractivity contribution < 1.29 is 23.5 Å². The SMILES string of the molecule is C=C[C@@H]1[C@@H]([C@@H](O)[C@H](C)O[Si](CC)(CC)CC)C(=O)[C@@H](OCc2ccccc2)C[C@H]1O[Si](C)(C)C(C)(C)C. The molecule has 0 amide bonds. The van der Waals surface area contributed by atoms with Crippen molar-refractivity contribution in [2.24, 2.45) is 11.8 Å². The standard InChI is InChI=1S/C30H52O5Si2/c1-11-24-25(35-36(9,10)30(6,7)8)20-26(33-21-23-18-16-15-17-19-23)29(32)27(24)28(31)22(5)34-37(12-2,13-3)14-4/h11,15-19,22,24-28,31H,1,12-14,20-21H2,2-10H3/t22-,24-,25+,26-,27-,28-/m0/s1. The zero-order valence-electron chi connectivity index (χ0n) is 24.8. The summed E-state index contributed by atoms with van der Waals surface area (Å²) in [5.74, 6) is -1.06. The van der Waals surface area contributed by atoms with E-state index >= 15 is 0 Å². The second-order valence-electron chi connectivity index (χ2n) is 12.2. The van der Waals surface area contributed by atoms with Gasteiger partial charge in [-0.15, -0.1) is 6.58 Å². The Hall–Kier alpha value is -1.10. The molecule has 37 heavy (non-hydrogen) atoms. The second kappa shape index (κ2) is 13.3. The summed E-state index contributed by atoms with van der Waals surface area (Å²) in [6.45, 7) is 24.0. The number of rotatable bonds is 13. The molecule has 0 unspecified atom stereocenters. The van der Waals surface area contributed by atoms with E-state index in [1.54, 1.807) is 0 Å². The van der Waals surface area contributed by atoms with Crippen molar-refractivity contribution in [2.45, 2.75) is 122 Å². The van der Waals surface area contributed by atoms with Crippen molar-refractivity contribution in [3.05, 3.63) is 48.6 Å². The van der Waals surface area contributed by atoms with Gasteiger partial charge in [-0.2, -0.15) is 0 Å². The van der Waals surface area contributed by atoms with Crippen LogP contribution in [-0.4, -0.2) is 51.9 Å². The normalized spacial score (nSPS) is 25.1. The largest absolute Gasteiger partial charge is 0.413 e. The number of carbonyl (C=O) groups excluding carboxylic acids is 1. The highest BCUT2D eigenvalue weighted by atomic mass is 28.4. The fourth-order valence-corrected chi connectivity index (χ4v) is 9.47. The molecule has 1 N–H and O–H groups in total. The van der Waals surface area contributed by atoms with Crippen LogP contribution in [0.3, 0.4) is 0 Å². The van der Waals surface area contributed by atoms with Crippen molar-refractivity contribution in [3.63, 3.8) is 0 Å². The maximum Gasteiger partial charge on any atom is 0.192 e. The number of aliphatic hydroxyl groups excluding tert-OH is 1. The van der Waals surface area contributed by atoms with Crippen LogP contribution in [0.2, 0.25) is 36.3 Å². The highest BCUT2D eigenvalue weighted by molar-refractivity contribution is 6.74. The minimum atomic E-state index is -2.16. The van der Waals surface area contributed by atoms with Gasteiger partial charge in [0.1, 0.15) is 6.10 Å². The van der Waals surface area contributed by atoms with E-state index < -0.39 is 40.9 Å². The Morgan fingerprint density at radius 3 is 2.16 bits per heavy atom. The topological polar surface area (TPSA) is 65.0 Å². The summed E-state index contributed by atoms with van der Waals surface area (Å²) in [6, 6.07) is 12.9. The molecule has 0 heterocycles. The Kier molecular flexibility index (Phi) is 11.6. The molecule has 210 valence electrons. The van der Waals surface area contributed by atoms with Gasteiger partial charge in [0.25, 0.3) is 0 Å². The number of ether oxygens (including phenoxy) is 1. The highest BCUT2D eigenvalue weighted by Gasteiger charge is 2.51. The molecule has 0 aromatic heterocycles. The second-order valence-corrected chi connectivity index (χ2v) is 21.7. The first-order valence-corrected chi connectivity index (χ1v) is 19.5. The number of benzene rings is 1. The molecule has 5 nitrogen and oxygen atoms in total. The van der Waals surface area contributed by atoms with E-state index in [-0.39, 0.29) is 22.8 Å². The average molecular weight is 549 g/mol. The lowest BCUT2D eigenvalue weighted by Crippen LogP contribution is -2.58. The van der Waals surface area contributed by atoms with Crippen molar-refractivity contribution in [1.82, 2.24) is 0 Å². The first kappa shape index (κ1) is 32.1. The maximum absolute atomic E-state index is 13.9. The summed E-state index contributed by atoms with van der Waals surface area (Å²) in [4.78, 5) is 13.9. The molecule has 0 bridgehead atoms. The number of Topliss-reactive ketones (excluding diaryl/α,β-unsaturated/α-hetero) is 1. The molecule has 1 aliphatic carbocycles. The lowest BCUT2D eigenvalue weighted by Gasteiger charge is -2.47. The van der Waals surface area contributed by atoms with Crippen molar-refractivity contribution in [1.29, 1.82) is 0 Å². The molecule has 0 saturated heterocycles. The van der Waals surface area contributed by atoms with E-state index in [0.29, 0.717) is 13.0 Å². The van der Waals surface area contributed by atoms with Crippen molar-refractivity contribution in [3.8, 4) is 0 Å². The van der Waals surface area contributed by atoms with Gasteiger partial charge >= 0.3 is 0 Å². The molecule has 1 aromatic carbocycles. The molecule has 6 atom stereocenters. The first-order valence-electron chi connectivity index (χ1n) is 14.1. The van der Waals surface area contributed by atoms with Gasteiger partial charge in [-0.3, -0.25) is 4.79 Å². The molecule has 1 fully saturated rings. The molecule has 0 radical (unpaired) electrons. The fourth-order valence-electron chi connectivity index (χ4n) is 5.17. The average Bonchev–Trinajstić information content (AvgIpc) is 2.86. The third-order valence-electron chi connectivity index (χ3n) is 8.97. The maximum atomic E-state index is 13.9. The molecule has 1 saturated carbocycles. The Morgan fingerprint density at radius 1 is 1.11 bits per heavy atom. The molecular formula is C30H52O5Si2. The van der Waals surface area contributed by atoms with Crippen LogP contribution in [0.25, 0.3) is 0 Å². The number of hydrogen-bond donors (Lipinski definition) is 1. The summed E-state index contributed by atoms with van der Waals surface area (Å²) in [7, 11) is -4.13. The van der Waals surface area contributed by atoms with Crippen LogP contribution in [0.15, 0.2) is 43.0 Å². The summed E-state index contributed by atoms with van der Waals surface area (Å²) in [5, 5.41) is 11.7. The molecular weight excluding hydrogens is 496 g/mol. The summed E-state index contributed by atoms with van der Waals surface area (Å²) in [6.07, 6.45) is -0.0403. The van der Waals surface area contributed by atoms with Gasteiger partial charge in [0.05, 0.1) is 30.8 Å². The van der Waals surface area contributed by atoms with Crippen LogP contribution in [0.1, 0.15) is 60.5 Å². The van der Waals surface area contributed by atoms with Crippen molar-refractivity contribution >= 4 is 22.4 Å². The highest BCUT2D eigenvalue weighted by Crippen LogP contribution is 2.43. The smallest absolute Gasteiger partial charge is 0.192 e. The van der Waals surface area contributed by atoms with Gasteiger partial charge in [0.2, 0.25) is 0 Å². The molecule has 1 aliphatic rings. The summed E-state index contributed by atoms with van der Waals surface area (Å²) in [5.41, 5.74) is 1.02. The van der Waals surface area contributed by atoms with Crippen LogP contribution in [0.5, 0.6) is 0 Å². The van der Waals surface area contributed by atoms with Crippen LogP contribution in [-0.2, 0) is 25.0 Å². The third kappa shape index (κ3) is 7.73. The van der Waals surface area contributed by atoms with E-state index in [0.717, 1.165) is 23.7 Å². The van der Waals surface area contributed by atoms with Gasteiger partial charge in [-0.1, -0.05) is 78.0 Å². The first-order chi connectivity index (χ1) is 17.3. The van der Waals surface area contributed by atoms with Crippen LogP contribution >= 0.6 is 0 Å². The van der Waals surface area contributed by atoms with E-state index in [1.807, 2.05) is 43.3 Å². The summed E-state index contributed by atoms with van der Waals surface area (Å²) >= 11 is 0. The lowest BCUT2D eigenvalue weighted by molar-refractivity contribution is -0.156. The van der Waals surface area contributed by atoms with Gasteiger partial charge in [-0.05, 0) is 48.8 Å². The minimum Gasteiger partial charge on any atom is -0.413 e. The fraction of sp³-hybridized carbons (Fsp3) is 0.700. The quantitative estimate of drug-likeness (QED) is 0.210. The third-order valence-corrected chi connectivity index (χ3v) is 18.2. The van der Waals surface area contributed by atoms with Gasteiger partial charge in [0.15, 0.2) is 22.4 Å². The Balaban J connectivity index is 2.39. The summed E-state index contributed by atoms with van der Waals surface area (Å²) < 4.78 is 19.8.